The van der Waals surface area contributed by atoms with Crippen molar-refractivity contribution < 1.29 is 5.11 Å². The minimum absolute atomic E-state index is 0.317. The van der Waals surface area contributed by atoms with Crippen molar-refractivity contribution in [3.8, 4) is 0 Å². The summed E-state index contributed by atoms with van der Waals surface area (Å²) < 4.78 is 0. The van der Waals surface area contributed by atoms with Crippen LogP contribution in [0.15, 0.2) is 24.3 Å². The first-order valence-electron chi connectivity index (χ1n) is 6.95. The van der Waals surface area contributed by atoms with Crippen LogP contribution in [0.2, 0.25) is 0 Å². The third-order valence-electron chi connectivity index (χ3n) is 4.98. The molecule has 1 aromatic rings. The van der Waals surface area contributed by atoms with E-state index in [-0.39, 0.29) is 0 Å². The Morgan fingerprint density at radius 3 is 2.76 bits per heavy atom. The second-order valence-corrected chi connectivity index (χ2v) is 6.04. The molecule has 4 unspecified atom stereocenters. The van der Waals surface area contributed by atoms with Crippen LogP contribution in [0.5, 0.6) is 0 Å². The average Bonchev–Trinajstić information content (AvgIpc) is 2.92. The van der Waals surface area contributed by atoms with Crippen molar-refractivity contribution in [2.75, 3.05) is 6.61 Å². The Balaban J connectivity index is 1.84. The van der Waals surface area contributed by atoms with Gasteiger partial charge in [0.2, 0.25) is 0 Å². The molecule has 1 nitrogen and oxygen atoms in total. The lowest BCUT2D eigenvalue weighted by molar-refractivity contribution is 0.185. The highest BCUT2D eigenvalue weighted by molar-refractivity contribution is 5.27. The molecule has 0 aliphatic heterocycles. The van der Waals surface area contributed by atoms with Crippen molar-refractivity contribution in [1.82, 2.24) is 0 Å². The van der Waals surface area contributed by atoms with Crippen LogP contribution in [0.1, 0.15) is 42.7 Å². The molecule has 4 atom stereocenters. The van der Waals surface area contributed by atoms with Gasteiger partial charge in [-0.05, 0) is 49.5 Å². The van der Waals surface area contributed by atoms with Crippen LogP contribution in [0.3, 0.4) is 0 Å². The molecule has 2 fully saturated rings. The highest BCUT2D eigenvalue weighted by Crippen LogP contribution is 2.53. The van der Waals surface area contributed by atoms with Gasteiger partial charge < -0.3 is 5.11 Å². The van der Waals surface area contributed by atoms with Crippen molar-refractivity contribution in [3.05, 3.63) is 35.4 Å². The fourth-order valence-corrected chi connectivity index (χ4v) is 4.18. The zero-order chi connectivity index (χ0) is 11.8. The number of aliphatic hydroxyl groups is 1. The molecule has 1 heteroatoms. The summed E-state index contributed by atoms with van der Waals surface area (Å²) in [6.07, 6.45) is 5.61. The normalized spacial score (nSPS) is 32.9. The molecule has 17 heavy (non-hydrogen) atoms. The molecule has 0 heterocycles. The van der Waals surface area contributed by atoms with Crippen LogP contribution < -0.4 is 0 Å². The minimum Gasteiger partial charge on any atom is -0.396 e. The average molecular weight is 230 g/mol. The fraction of sp³-hybridized carbons (Fsp3) is 0.625. The largest absolute Gasteiger partial charge is 0.396 e. The predicted molar refractivity (Wildman–Crippen MR) is 69.9 cm³/mol. The highest BCUT2D eigenvalue weighted by atomic mass is 16.3. The molecular weight excluding hydrogens is 208 g/mol. The van der Waals surface area contributed by atoms with Gasteiger partial charge in [0.05, 0.1) is 6.61 Å². The summed E-state index contributed by atoms with van der Waals surface area (Å²) in [6, 6.07) is 8.71. The minimum atomic E-state index is 0.317. The Kier molecular flexibility index (Phi) is 2.96. The van der Waals surface area contributed by atoms with E-state index in [9.17, 15) is 5.11 Å². The molecule has 0 amide bonds. The predicted octanol–water partition coefficient (Wildman–Crippen LogP) is 3.51. The standard InChI is InChI=1S/C16H22O/c1-11-3-2-4-13(7-11)16(10-17)15-9-12-5-6-14(15)8-12/h2-4,7,12,14-17H,5-6,8-10H2,1H3. The SMILES string of the molecule is Cc1cccc(C(CO)C2CC3CCC2C3)c1. The summed E-state index contributed by atoms with van der Waals surface area (Å²) in [4.78, 5) is 0. The maximum Gasteiger partial charge on any atom is 0.0502 e. The van der Waals surface area contributed by atoms with Crippen LogP contribution >= 0.6 is 0 Å². The van der Waals surface area contributed by atoms with E-state index in [1.165, 1.54) is 36.8 Å². The second kappa shape index (κ2) is 4.45. The molecular formula is C16H22O. The summed E-state index contributed by atoms with van der Waals surface area (Å²) in [5.41, 5.74) is 2.66. The van der Waals surface area contributed by atoms with E-state index in [4.69, 9.17) is 0 Å². The van der Waals surface area contributed by atoms with Gasteiger partial charge >= 0.3 is 0 Å². The van der Waals surface area contributed by atoms with E-state index in [0.29, 0.717) is 12.5 Å². The third kappa shape index (κ3) is 2.01. The van der Waals surface area contributed by atoms with Crippen LogP contribution in [0, 0.1) is 24.7 Å². The topological polar surface area (TPSA) is 20.2 Å². The zero-order valence-corrected chi connectivity index (χ0v) is 10.6. The van der Waals surface area contributed by atoms with E-state index in [2.05, 4.69) is 31.2 Å². The molecule has 2 aliphatic rings. The first kappa shape index (κ1) is 11.3. The number of aliphatic hydroxyl groups excluding tert-OH is 1. The van der Waals surface area contributed by atoms with Gasteiger partial charge in [0.15, 0.2) is 0 Å². The summed E-state index contributed by atoms with van der Waals surface area (Å²) in [6.45, 7) is 2.45. The summed E-state index contributed by atoms with van der Waals surface area (Å²) in [5.74, 6) is 2.97. The van der Waals surface area contributed by atoms with Gasteiger partial charge in [-0.25, -0.2) is 0 Å². The Labute approximate surface area is 104 Å². The highest BCUT2D eigenvalue weighted by Gasteiger charge is 2.43. The van der Waals surface area contributed by atoms with Gasteiger partial charge in [-0.3, -0.25) is 0 Å². The van der Waals surface area contributed by atoms with Crippen molar-refractivity contribution in [1.29, 1.82) is 0 Å². The monoisotopic (exact) mass is 230 g/mol. The van der Waals surface area contributed by atoms with Gasteiger partial charge in [0.1, 0.15) is 0 Å². The number of hydrogen-bond donors (Lipinski definition) is 1. The lowest BCUT2D eigenvalue weighted by Gasteiger charge is -2.29. The van der Waals surface area contributed by atoms with Crippen LogP contribution in [-0.2, 0) is 0 Å². The summed E-state index contributed by atoms with van der Waals surface area (Å²) in [7, 11) is 0. The van der Waals surface area contributed by atoms with Gasteiger partial charge in [-0.1, -0.05) is 36.2 Å². The molecule has 0 radical (unpaired) electrons. The quantitative estimate of drug-likeness (QED) is 0.842. The van der Waals surface area contributed by atoms with E-state index in [1.54, 1.807) is 0 Å². The molecule has 0 saturated heterocycles. The fourth-order valence-electron chi connectivity index (χ4n) is 4.18. The van der Waals surface area contributed by atoms with Crippen molar-refractivity contribution in [2.24, 2.45) is 17.8 Å². The van der Waals surface area contributed by atoms with E-state index in [1.807, 2.05) is 0 Å². The summed E-state index contributed by atoms with van der Waals surface area (Å²) >= 11 is 0. The van der Waals surface area contributed by atoms with E-state index in [0.717, 1.165) is 17.8 Å². The van der Waals surface area contributed by atoms with Crippen LogP contribution in [0.25, 0.3) is 0 Å². The Bertz CT molecular complexity index is 398. The van der Waals surface area contributed by atoms with Crippen LogP contribution in [0.4, 0.5) is 0 Å². The van der Waals surface area contributed by atoms with Gasteiger partial charge in [0.25, 0.3) is 0 Å². The van der Waals surface area contributed by atoms with Crippen molar-refractivity contribution in [2.45, 2.75) is 38.5 Å². The summed E-state index contributed by atoms with van der Waals surface area (Å²) in [5, 5.41) is 9.76. The molecule has 1 N–H and O–H groups in total. The Morgan fingerprint density at radius 1 is 1.29 bits per heavy atom. The molecule has 3 rings (SSSR count). The first-order valence-corrected chi connectivity index (χ1v) is 6.95. The molecule has 2 saturated carbocycles. The van der Waals surface area contributed by atoms with E-state index >= 15 is 0 Å². The Hall–Kier alpha value is -0.820. The zero-order valence-electron chi connectivity index (χ0n) is 10.6. The van der Waals surface area contributed by atoms with Crippen molar-refractivity contribution >= 4 is 0 Å². The smallest absolute Gasteiger partial charge is 0.0502 e. The maximum atomic E-state index is 9.76. The molecule has 2 aliphatic carbocycles. The third-order valence-corrected chi connectivity index (χ3v) is 4.98. The number of benzene rings is 1. The molecule has 0 spiro atoms. The first-order chi connectivity index (χ1) is 8.28. The van der Waals surface area contributed by atoms with Gasteiger partial charge in [-0.15, -0.1) is 0 Å². The molecule has 92 valence electrons. The lowest BCUT2D eigenvalue weighted by Crippen LogP contribution is -2.22. The number of rotatable bonds is 3. The lowest BCUT2D eigenvalue weighted by atomic mass is 9.76. The van der Waals surface area contributed by atoms with Crippen LogP contribution in [-0.4, -0.2) is 11.7 Å². The van der Waals surface area contributed by atoms with Gasteiger partial charge in [0, 0.05) is 5.92 Å². The number of fused-ring (bicyclic) bond motifs is 2. The van der Waals surface area contributed by atoms with Gasteiger partial charge in [-0.2, -0.15) is 0 Å². The molecule has 0 aromatic heterocycles. The van der Waals surface area contributed by atoms with Crippen molar-refractivity contribution in [3.63, 3.8) is 0 Å². The maximum absolute atomic E-state index is 9.76. The molecule has 1 aromatic carbocycles. The second-order valence-electron chi connectivity index (χ2n) is 6.04. The van der Waals surface area contributed by atoms with E-state index < -0.39 is 0 Å². The number of hydrogen-bond acceptors (Lipinski definition) is 1. The number of aryl methyl sites for hydroxylation is 1. The Morgan fingerprint density at radius 2 is 2.18 bits per heavy atom. The molecule has 2 bridgehead atoms.